The van der Waals surface area contributed by atoms with Gasteiger partial charge in [-0.1, -0.05) is 61.5 Å². The van der Waals surface area contributed by atoms with Crippen LogP contribution in [-0.4, -0.2) is 23.2 Å². The number of hydrogen-bond donors (Lipinski definition) is 0. The van der Waals surface area contributed by atoms with Crippen molar-refractivity contribution in [1.82, 2.24) is 9.97 Å². The first-order valence-corrected chi connectivity index (χ1v) is 24.7. The molecule has 5 heteroatoms. The van der Waals surface area contributed by atoms with Crippen molar-refractivity contribution in [1.29, 1.82) is 0 Å². The van der Waals surface area contributed by atoms with E-state index in [1.54, 1.807) is 12.3 Å². The number of aromatic nitrogens is 2. The van der Waals surface area contributed by atoms with Crippen LogP contribution in [0.25, 0.3) is 55.6 Å². The van der Waals surface area contributed by atoms with Crippen LogP contribution in [0, 0.1) is 45.2 Å². The van der Waals surface area contributed by atoms with E-state index in [1.807, 2.05) is 57.2 Å². The average Bonchev–Trinajstić information content (AvgIpc) is 3.45. The van der Waals surface area contributed by atoms with Crippen LogP contribution in [0.3, 0.4) is 0 Å². The van der Waals surface area contributed by atoms with E-state index in [2.05, 4.69) is 116 Å². The third kappa shape index (κ3) is 8.98. The van der Waals surface area contributed by atoms with Crippen molar-refractivity contribution in [3.8, 4) is 33.6 Å². The minimum Gasteiger partial charge on any atom is -0.500 e. The first-order chi connectivity index (χ1) is 24.4. The standard InChI is InChI=1S/C31H30NO.C15H18GeN.Ir/c1-19-13-20(2)30(21(3)14-19)24-8-10-29-26(17-24)25-16-23(7-9-28(25)33-29)27-15-22(11-12-32-27)18-31(4,5)6;1-12-10-15(13-8-6-5-7-9-13)17-11-14(12)16(2,3)4;/h8-17H,18H2,1-6H3;5-8,10-11H,1-4H3;/q2*-1;/i18D2;;. The van der Waals surface area contributed by atoms with Crippen molar-refractivity contribution in [2.75, 3.05) is 0 Å². The van der Waals surface area contributed by atoms with Gasteiger partial charge in [-0.05, 0) is 78.7 Å². The van der Waals surface area contributed by atoms with Gasteiger partial charge in [0.2, 0.25) is 0 Å². The molecule has 0 aliphatic rings. The molecule has 7 aromatic rings. The summed E-state index contributed by atoms with van der Waals surface area (Å²) < 4.78 is 24.9. The summed E-state index contributed by atoms with van der Waals surface area (Å²) in [6, 6.07) is 35.0. The number of aryl methyl sites for hydroxylation is 4. The molecule has 0 aliphatic carbocycles. The van der Waals surface area contributed by atoms with E-state index in [4.69, 9.17) is 7.16 Å². The Balaban J connectivity index is 0.000000253. The van der Waals surface area contributed by atoms with Crippen LogP contribution in [0.5, 0.6) is 0 Å². The van der Waals surface area contributed by atoms with Gasteiger partial charge in [0.15, 0.2) is 0 Å². The zero-order chi connectivity index (χ0) is 37.6. The van der Waals surface area contributed by atoms with E-state index in [0.717, 1.165) is 38.8 Å². The molecule has 0 saturated carbocycles. The molecule has 0 spiro atoms. The second-order valence-electron chi connectivity index (χ2n) is 15.4. The smallest absolute Gasteiger partial charge is 0.121 e. The average molecular weight is 912 g/mol. The normalized spacial score (nSPS) is 12.5. The van der Waals surface area contributed by atoms with Crippen LogP contribution < -0.4 is 4.40 Å². The van der Waals surface area contributed by atoms with Gasteiger partial charge in [0.1, 0.15) is 5.58 Å². The monoisotopic (exact) mass is 913 g/mol. The molecule has 0 N–H and O–H groups in total. The van der Waals surface area contributed by atoms with Gasteiger partial charge in [-0.2, -0.15) is 0 Å². The summed E-state index contributed by atoms with van der Waals surface area (Å²) in [7, 11) is 0. The van der Waals surface area contributed by atoms with E-state index in [9.17, 15) is 0 Å². The van der Waals surface area contributed by atoms with E-state index in [-0.39, 0.29) is 20.1 Å². The van der Waals surface area contributed by atoms with Crippen LogP contribution in [0.15, 0.2) is 102 Å². The Hall–Kier alpha value is -3.83. The van der Waals surface area contributed by atoms with Crippen LogP contribution in [-0.2, 0) is 26.5 Å². The molecule has 0 bridgehead atoms. The topological polar surface area (TPSA) is 38.9 Å². The quantitative estimate of drug-likeness (QED) is 0.128. The maximum atomic E-state index is 8.66. The van der Waals surface area contributed by atoms with Gasteiger partial charge in [-0.25, -0.2) is 0 Å². The van der Waals surface area contributed by atoms with Gasteiger partial charge in [0.25, 0.3) is 0 Å². The van der Waals surface area contributed by atoms with Crippen LogP contribution in [0.4, 0.5) is 0 Å². The molecule has 1 radical (unpaired) electrons. The first-order valence-electron chi connectivity index (χ1n) is 18.3. The molecule has 0 fully saturated rings. The number of furan rings is 1. The Bertz CT molecular complexity index is 2380. The zero-order valence-corrected chi connectivity index (χ0v) is 35.9. The van der Waals surface area contributed by atoms with Gasteiger partial charge in [-0.15, -0.1) is 23.8 Å². The Morgan fingerprint density at radius 1 is 0.745 bits per heavy atom. The summed E-state index contributed by atoms with van der Waals surface area (Å²) in [6.45, 7) is 14.4. The molecule has 3 heterocycles. The minimum atomic E-state index is -1.77. The van der Waals surface area contributed by atoms with Crippen LogP contribution in [0.1, 0.15) is 51.3 Å². The molecule has 3 nitrogen and oxygen atoms in total. The predicted molar refractivity (Wildman–Crippen MR) is 215 cm³/mol. The van der Waals surface area contributed by atoms with Gasteiger partial charge < -0.3 is 9.40 Å². The van der Waals surface area contributed by atoms with Crippen molar-refractivity contribution in [2.24, 2.45) is 5.41 Å². The first kappa shape index (κ1) is 35.6. The SMILES string of the molecule is Cc1cc(-c2[c-]cccc2)nc[c]1[Ge]([CH3])([CH3])[CH3].[2H]C([2H])(c1ccnc(-c2[c-]cc3oc4ccc(-c5c(C)cc(C)cc5C)cc4c3c2)c1)C(C)(C)C.[Ir]. The molecular formula is C46H48GeIrN2O-2. The largest absolute Gasteiger partial charge is 0.500 e. The molecule has 51 heavy (non-hydrogen) atoms. The summed E-state index contributed by atoms with van der Waals surface area (Å²) in [5.41, 5.74) is 12.9. The fourth-order valence-corrected chi connectivity index (χ4v) is 10.4. The Labute approximate surface area is 323 Å². The van der Waals surface area contributed by atoms with Crippen LogP contribution in [0.2, 0.25) is 17.3 Å². The molecule has 263 valence electrons. The summed E-state index contributed by atoms with van der Waals surface area (Å²) in [4.78, 5) is 9.14. The van der Waals surface area contributed by atoms with Crippen molar-refractivity contribution in [3.63, 3.8) is 0 Å². The van der Waals surface area contributed by atoms with Gasteiger partial charge in [0.05, 0.1) is 5.58 Å². The van der Waals surface area contributed by atoms with Crippen molar-refractivity contribution in [3.05, 3.63) is 137 Å². The molecule has 0 atom stereocenters. The summed E-state index contributed by atoms with van der Waals surface area (Å²) in [5.74, 6) is 7.20. The molecular weight excluding hydrogens is 861 g/mol. The molecule has 4 aromatic carbocycles. The molecule has 0 aliphatic heterocycles. The molecule has 0 amide bonds. The molecule has 0 saturated heterocycles. The van der Waals surface area contributed by atoms with Crippen molar-refractivity contribution < 1.29 is 27.3 Å². The molecule has 0 unspecified atom stereocenters. The number of benzene rings is 4. The second-order valence-corrected chi connectivity index (χ2v) is 26.0. The Morgan fingerprint density at radius 3 is 2.10 bits per heavy atom. The number of pyridine rings is 2. The third-order valence-electron chi connectivity index (χ3n) is 8.83. The number of hydrogen-bond acceptors (Lipinski definition) is 3. The zero-order valence-electron chi connectivity index (χ0n) is 33.4. The van der Waals surface area contributed by atoms with E-state index >= 15 is 0 Å². The fraction of sp³-hybridized carbons (Fsp3) is 0.261. The molecule has 7 rings (SSSR count). The van der Waals surface area contributed by atoms with E-state index < -0.39 is 25.1 Å². The van der Waals surface area contributed by atoms with E-state index in [0.29, 0.717) is 11.3 Å². The fourth-order valence-electron chi connectivity index (χ4n) is 6.79. The second kappa shape index (κ2) is 15.4. The van der Waals surface area contributed by atoms with E-state index in [1.165, 1.54) is 37.8 Å². The number of rotatable bonds is 5. The Morgan fingerprint density at radius 2 is 1.45 bits per heavy atom. The Kier molecular flexibility index (Phi) is 10.8. The minimum absolute atomic E-state index is 0. The molecule has 3 aromatic heterocycles. The maximum absolute atomic E-state index is 8.66. The third-order valence-corrected chi connectivity index (χ3v) is 13.3. The van der Waals surface area contributed by atoms with Crippen LogP contribution >= 0.6 is 0 Å². The van der Waals surface area contributed by atoms with Gasteiger partial charge in [-0.3, -0.25) is 0 Å². The van der Waals surface area contributed by atoms with Gasteiger partial charge in [0, 0.05) is 34.4 Å². The summed E-state index contributed by atoms with van der Waals surface area (Å²) in [5, 5.41) is 2.05. The number of fused-ring (bicyclic) bond motifs is 3. The maximum Gasteiger partial charge on any atom is 0.121 e. The predicted octanol–water partition coefficient (Wildman–Crippen LogP) is 12.0. The number of nitrogens with zero attached hydrogens (tertiary/aromatic N) is 2. The van der Waals surface area contributed by atoms with Crippen molar-refractivity contribution in [2.45, 2.75) is 72.1 Å². The van der Waals surface area contributed by atoms with Gasteiger partial charge >= 0.3 is 106 Å². The van der Waals surface area contributed by atoms with Crippen molar-refractivity contribution >= 4 is 39.6 Å². The summed E-state index contributed by atoms with van der Waals surface area (Å²) in [6.07, 6.45) is 2.27. The summed E-state index contributed by atoms with van der Waals surface area (Å²) >= 11 is -1.77.